The molecular formula is C19H31IN8O. The summed E-state index contributed by atoms with van der Waals surface area (Å²) in [7, 11) is 0. The van der Waals surface area contributed by atoms with Gasteiger partial charge < -0.3 is 19.9 Å². The molecule has 0 atom stereocenters. The molecule has 2 N–H and O–H groups in total. The van der Waals surface area contributed by atoms with Gasteiger partial charge in [0.15, 0.2) is 5.96 Å². The standard InChI is InChI=1S/C19H30N8O.HI/c1-2-18-25-24-16-27(18)10-8-22-19(23-15-17-5-3-4-6-20-17)21-7-9-26-11-13-28-14-12-26;/h3-6,16H,2,7-15H2,1H3,(H2,21,22,23);1H. The van der Waals surface area contributed by atoms with Gasteiger partial charge in [-0.15, -0.1) is 34.2 Å². The third-order valence-electron chi connectivity index (χ3n) is 4.61. The number of morpholine rings is 1. The minimum atomic E-state index is 0. The Hall–Kier alpha value is -1.79. The second kappa shape index (κ2) is 13.4. The first-order valence-electron chi connectivity index (χ1n) is 9.94. The lowest BCUT2D eigenvalue weighted by molar-refractivity contribution is 0.0389. The number of pyridine rings is 1. The molecule has 2 aromatic heterocycles. The van der Waals surface area contributed by atoms with Gasteiger partial charge in [-0.3, -0.25) is 9.88 Å². The third kappa shape index (κ3) is 8.23. The molecule has 0 bridgehead atoms. The molecule has 160 valence electrons. The first-order chi connectivity index (χ1) is 13.8. The van der Waals surface area contributed by atoms with Gasteiger partial charge in [0.25, 0.3) is 0 Å². The van der Waals surface area contributed by atoms with Gasteiger partial charge in [-0.05, 0) is 12.1 Å². The fraction of sp³-hybridized carbons (Fsp3) is 0.579. The highest BCUT2D eigenvalue weighted by Gasteiger charge is 2.10. The normalized spacial score (nSPS) is 15.0. The van der Waals surface area contributed by atoms with Gasteiger partial charge in [-0.2, -0.15) is 0 Å². The fourth-order valence-electron chi connectivity index (χ4n) is 3.02. The van der Waals surface area contributed by atoms with Gasteiger partial charge in [0.2, 0.25) is 0 Å². The van der Waals surface area contributed by atoms with Crippen molar-refractivity contribution in [3.63, 3.8) is 0 Å². The van der Waals surface area contributed by atoms with Crippen LogP contribution in [0.25, 0.3) is 0 Å². The van der Waals surface area contributed by atoms with Gasteiger partial charge in [-0.25, -0.2) is 4.99 Å². The lowest BCUT2D eigenvalue weighted by atomic mass is 10.3. The van der Waals surface area contributed by atoms with E-state index in [-0.39, 0.29) is 24.0 Å². The molecule has 10 heteroatoms. The van der Waals surface area contributed by atoms with Crippen LogP contribution in [0.1, 0.15) is 18.4 Å². The van der Waals surface area contributed by atoms with E-state index in [9.17, 15) is 0 Å². The highest BCUT2D eigenvalue weighted by atomic mass is 127. The number of rotatable bonds is 9. The average molecular weight is 514 g/mol. The molecule has 29 heavy (non-hydrogen) atoms. The smallest absolute Gasteiger partial charge is 0.191 e. The van der Waals surface area contributed by atoms with E-state index in [0.29, 0.717) is 6.54 Å². The van der Waals surface area contributed by atoms with Crippen molar-refractivity contribution in [3.05, 3.63) is 42.2 Å². The molecule has 2 aromatic rings. The summed E-state index contributed by atoms with van der Waals surface area (Å²) in [5.74, 6) is 1.79. The van der Waals surface area contributed by atoms with E-state index in [2.05, 4.69) is 47.2 Å². The van der Waals surface area contributed by atoms with Crippen LogP contribution in [0.2, 0.25) is 0 Å². The molecule has 1 aliphatic heterocycles. The van der Waals surface area contributed by atoms with Crippen molar-refractivity contribution in [2.45, 2.75) is 26.4 Å². The predicted molar refractivity (Wildman–Crippen MR) is 123 cm³/mol. The van der Waals surface area contributed by atoms with Crippen molar-refractivity contribution in [2.75, 3.05) is 45.9 Å². The molecule has 0 aliphatic carbocycles. The zero-order valence-electron chi connectivity index (χ0n) is 17.0. The van der Waals surface area contributed by atoms with E-state index in [0.717, 1.165) is 76.4 Å². The lowest BCUT2D eigenvalue weighted by Crippen LogP contribution is -2.45. The number of hydrogen-bond acceptors (Lipinski definition) is 6. The maximum Gasteiger partial charge on any atom is 0.191 e. The van der Waals surface area contributed by atoms with Crippen LogP contribution in [0.15, 0.2) is 35.7 Å². The van der Waals surface area contributed by atoms with Gasteiger partial charge in [-0.1, -0.05) is 13.0 Å². The fourth-order valence-corrected chi connectivity index (χ4v) is 3.02. The Morgan fingerprint density at radius 2 is 1.97 bits per heavy atom. The third-order valence-corrected chi connectivity index (χ3v) is 4.61. The van der Waals surface area contributed by atoms with E-state index in [4.69, 9.17) is 4.74 Å². The number of halogens is 1. The second-order valence-electron chi connectivity index (χ2n) is 6.59. The van der Waals surface area contributed by atoms with Crippen LogP contribution in [-0.2, 0) is 24.2 Å². The topological polar surface area (TPSA) is 92.5 Å². The second-order valence-corrected chi connectivity index (χ2v) is 6.59. The van der Waals surface area contributed by atoms with Crippen LogP contribution in [0.3, 0.4) is 0 Å². The minimum absolute atomic E-state index is 0. The van der Waals surface area contributed by atoms with E-state index in [1.165, 1.54) is 0 Å². The Kier molecular flexibility index (Phi) is 10.9. The molecule has 0 spiro atoms. The SMILES string of the molecule is CCc1nncn1CCNC(=NCc1ccccn1)NCCN1CCOCC1.I. The van der Waals surface area contributed by atoms with Crippen molar-refractivity contribution in [1.82, 2.24) is 35.3 Å². The van der Waals surface area contributed by atoms with E-state index >= 15 is 0 Å². The van der Waals surface area contributed by atoms with Gasteiger partial charge >= 0.3 is 0 Å². The first-order valence-corrected chi connectivity index (χ1v) is 9.94. The number of nitrogens with zero attached hydrogens (tertiary/aromatic N) is 6. The van der Waals surface area contributed by atoms with E-state index in [1.54, 1.807) is 12.5 Å². The van der Waals surface area contributed by atoms with Crippen molar-refractivity contribution in [2.24, 2.45) is 4.99 Å². The molecule has 0 amide bonds. The summed E-state index contributed by atoms with van der Waals surface area (Å²) in [6.07, 6.45) is 4.44. The quantitative estimate of drug-likeness (QED) is 0.292. The Bertz CT molecular complexity index is 718. The number of aromatic nitrogens is 4. The summed E-state index contributed by atoms with van der Waals surface area (Å²) in [6.45, 7) is 9.59. The Labute approximate surface area is 189 Å². The zero-order chi connectivity index (χ0) is 19.4. The minimum Gasteiger partial charge on any atom is -0.379 e. The van der Waals surface area contributed by atoms with E-state index in [1.807, 2.05) is 18.2 Å². The molecule has 1 aliphatic rings. The molecule has 0 radical (unpaired) electrons. The van der Waals surface area contributed by atoms with Crippen molar-refractivity contribution in [1.29, 1.82) is 0 Å². The molecule has 1 fully saturated rings. The number of aryl methyl sites for hydroxylation is 1. The molecule has 9 nitrogen and oxygen atoms in total. The molecule has 1 saturated heterocycles. The van der Waals surface area contributed by atoms with Gasteiger partial charge in [0.1, 0.15) is 12.2 Å². The largest absolute Gasteiger partial charge is 0.379 e. The maximum atomic E-state index is 5.40. The zero-order valence-corrected chi connectivity index (χ0v) is 19.3. The number of hydrogen-bond donors (Lipinski definition) is 2. The first kappa shape index (κ1) is 23.5. The van der Waals surface area contributed by atoms with Crippen LogP contribution in [0, 0.1) is 0 Å². The van der Waals surface area contributed by atoms with Gasteiger partial charge in [0.05, 0.1) is 25.5 Å². The predicted octanol–water partition coefficient (Wildman–Crippen LogP) is 0.921. The van der Waals surface area contributed by atoms with Crippen LogP contribution >= 0.6 is 24.0 Å². The number of guanidine groups is 1. The summed E-state index contributed by atoms with van der Waals surface area (Å²) in [6, 6.07) is 5.88. The number of ether oxygens (including phenoxy) is 1. The van der Waals surface area contributed by atoms with Crippen LogP contribution in [-0.4, -0.2) is 76.5 Å². The van der Waals surface area contributed by atoms with Gasteiger partial charge in [0, 0.05) is 51.9 Å². The molecule has 3 rings (SSSR count). The molecule has 0 unspecified atom stereocenters. The Morgan fingerprint density at radius 1 is 1.17 bits per heavy atom. The Balaban J connectivity index is 0.00000300. The molecule has 0 aromatic carbocycles. The van der Waals surface area contributed by atoms with Crippen LogP contribution in [0.5, 0.6) is 0 Å². The Morgan fingerprint density at radius 3 is 2.69 bits per heavy atom. The monoisotopic (exact) mass is 514 g/mol. The summed E-state index contributed by atoms with van der Waals surface area (Å²) in [5, 5.41) is 15.0. The van der Waals surface area contributed by atoms with Crippen molar-refractivity contribution >= 4 is 29.9 Å². The summed E-state index contributed by atoms with van der Waals surface area (Å²) < 4.78 is 7.47. The average Bonchev–Trinajstić information content (AvgIpc) is 3.20. The summed E-state index contributed by atoms with van der Waals surface area (Å²) in [4.78, 5) is 11.4. The summed E-state index contributed by atoms with van der Waals surface area (Å²) >= 11 is 0. The van der Waals surface area contributed by atoms with Crippen molar-refractivity contribution in [3.8, 4) is 0 Å². The van der Waals surface area contributed by atoms with Crippen LogP contribution in [0.4, 0.5) is 0 Å². The highest BCUT2D eigenvalue weighted by molar-refractivity contribution is 14.0. The van der Waals surface area contributed by atoms with Crippen molar-refractivity contribution < 1.29 is 4.74 Å². The molecule has 0 saturated carbocycles. The number of nitrogens with one attached hydrogen (secondary N) is 2. The lowest BCUT2D eigenvalue weighted by Gasteiger charge is -2.26. The highest BCUT2D eigenvalue weighted by Crippen LogP contribution is 1.97. The molecule has 3 heterocycles. The maximum absolute atomic E-state index is 5.40. The van der Waals surface area contributed by atoms with Crippen LogP contribution < -0.4 is 10.6 Å². The number of aliphatic imine (C=N–C) groups is 1. The summed E-state index contributed by atoms with van der Waals surface area (Å²) in [5.41, 5.74) is 0.948. The molecular weight excluding hydrogens is 483 g/mol. The van der Waals surface area contributed by atoms with E-state index < -0.39 is 0 Å².